The Hall–Kier alpha value is -0.910. The number of thiazole rings is 1. The Morgan fingerprint density at radius 3 is 2.90 bits per heavy atom. The molecule has 2 nitrogen and oxygen atoms in total. The van der Waals surface area contributed by atoms with Gasteiger partial charge in [0.2, 0.25) is 0 Å². The standard InChI is InChI=1S/C16H19FN2S2/c1-9(16-10(2)21-11(3)19-16)18-14-6-7-20-15-5-4-12(17)8-13(14)15/h4-5,8-9,14,18H,6-7H2,1-3H3. The number of hydrogen-bond donors (Lipinski definition) is 1. The van der Waals surface area contributed by atoms with E-state index in [-0.39, 0.29) is 17.9 Å². The van der Waals surface area contributed by atoms with Crippen molar-refractivity contribution >= 4 is 23.1 Å². The van der Waals surface area contributed by atoms with Crippen molar-refractivity contribution in [2.24, 2.45) is 0 Å². The minimum atomic E-state index is -0.156. The van der Waals surface area contributed by atoms with Crippen LogP contribution < -0.4 is 5.32 Å². The van der Waals surface area contributed by atoms with Gasteiger partial charge in [0.25, 0.3) is 0 Å². The van der Waals surface area contributed by atoms with E-state index < -0.39 is 0 Å². The Balaban J connectivity index is 1.83. The van der Waals surface area contributed by atoms with E-state index >= 15 is 0 Å². The second kappa shape index (κ2) is 6.07. The van der Waals surface area contributed by atoms with Gasteiger partial charge in [0.1, 0.15) is 5.82 Å². The molecule has 0 bridgehead atoms. The minimum Gasteiger partial charge on any atom is -0.302 e. The first kappa shape index (κ1) is 15.0. The molecule has 0 spiro atoms. The first-order valence-electron chi connectivity index (χ1n) is 7.17. The van der Waals surface area contributed by atoms with Crippen LogP contribution in [-0.2, 0) is 0 Å². The lowest BCUT2D eigenvalue weighted by Crippen LogP contribution is -2.28. The zero-order valence-electron chi connectivity index (χ0n) is 12.4. The average molecular weight is 322 g/mol. The Morgan fingerprint density at radius 2 is 2.19 bits per heavy atom. The van der Waals surface area contributed by atoms with E-state index in [1.807, 2.05) is 24.8 Å². The second-order valence-corrected chi connectivity index (χ2v) is 7.98. The van der Waals surface area contributed by atoms with Gasteiger partial charge >= 0.3 is 0 Å². The Morgan fingerprint density at radius 1 is 1.38 bits per heavy atom. The van der Waals surface area contributed by atoms with Crippen LogP contribution in [0.2, 0.25) is 0 Å². The number of hydrogen-bond acceptors (Lipinski definition) is 4. The summed E-state index contributed by atoms with van der Waals surface area (Å²) in [6.07, 6.45) is 1.02. The molecule has 0 radical (unpaired) electrons. The van der Waals surface area contributed by atoms with Gasteiger partial charge in [0.15, 0.2) is 0 Å². The van der Waals surface area contributed by atoms with E-state index in [9.17, 15) is 4.39 Å². The molecule has 1 aromatic carbocycles. The number of aromatic nitrogens is 1. The maximum atomic E-state index is 13.5. The number of rotatable bonds is 3. The van der Waals surface area contributed by atoms with Gasteiger partial charge in [-0.3, -0.25) is 0 Å². The fourth-order valence-corrected chi connectivity index (χ4v) is 4.89. The molecular formula is C16H19FN2S2. The molecule has 1 aliphatic heterocycles. The predicted molar refractivity (Wildman–Crippen MR) is 87.6 cm³/mol. The van der Waals surface area contributed by atoms with Crippen LogP contribution in [0.3, 0.4) is 0 Å². The largest absolute Gasteiger partial charge is 0.302 e. The molecule has 112 valence electrons. The molecule has 0 saturated carbocycles. The van der Waals surface area contributed by atoms with E-state index in [1.165, 1.54) is 9.77 Å². The van der Waals surface area contributed by atoms with E-state index in [0.717, 1.165) is 28.4 Å². The van der Waals surface area contributed by atoms with Crippen molar-refractivity contribution in [3.63, 3.8) is 0 Å². The van der Waals surface area contributed by atoms with Crippen LogP contribution in [-0.4, -0.2) is 10.7 Å². The topological polar surface area (TPSA) is 24.9 Å². The summed E-state index contributed by atoms with van der Waals surface area (Å²) < 4.78 is 13.5. The Labute approximate surface area is 133 Å². The summed E-state index contributed by atoms with van der Waals surface area (Å²) in [4.78, 5) is 7.08. The van der Waals surface area contributed by atoms with E-state index in [1.54, 1.807) is 23.5 Å². The molecule has 0 amide bonds. The highest BCUT2D eigenvalue weighted by molar-refractivity contribution is 7.99. The maximum absolute atomic E-state index is 13.5. The third-order valence-corrected chi connectivity index (χ3v) is 5.84. The molecule has 1 aromatic heterocycles. The number of nitrogens with zero attached hydrogens (tertiary/aromatic N) is 1. The zero-order chi connectivity index (χ0) is 15.0. The maximum Gasteiger partial charge on any atom is 0.123 e. The van der Waals surface area contributed by atoms with Crippen molar-refractivity contribution in [2.75, 3.05) is 5.75 Å². The van der Waals surface area contributed by atoms with Crippen LogP contribution in [0.15, 0.2) is 23.1 Å². The Bertz CT molecular complexity index is 654. The molecule has 5 heteroatoms. The highest BCUT2D eigenvalue weighted by Gasteiger charge is 2.24. The number of nitrogens with one attached hydrogen (secondary N) is 1. The summed E-state index contributed by atoms with van der Waals surface area (Å²) in [6, 6.07) is 5.50. The lowest BCUT2D eigenvalue weighted by molar-refractivity contribution is 0.441. The number of benzene rings is 1. The van der Waals surface area contributed by atoms with Gasteiger partial charge in [-0.2, -0.15) is 0 Å². The van der Waals surface area contributed by atoms with Crippen LogP contribution in [0.25, 0.3) is 0 Å². The number of aryl methyl sites for hydroxylation is 2. The summed E-state index contributed by atoms with van der Waals surface area (Å²) in [5.74, 6) is 0.911. The van der Waals surface area contributed by atoms with Crippen LogP contribution in [0, 0.1) is 19.7 Å². The summed E-state index contributed by atoms with van der Waals surface area (Å²) in [6.45, 7) is 6.29. The van der Waals surface area contributed by atoms with Crippen molar-refractivity contribution in [3.8, 4) is 0 Å². The normalized spacial score (nSPS) is 19.3. The van der Waals surface area contributed by atoms with Crippen LogP contribution in [0.5, 0.6) is 0 Å². The molecule has 21 heavy (non-hydrogen) atoms. The zero-order valence-corrected chi connectivity index (χ0v) is 14.1. The van der Waals surface area contributed by atoms with Gasteiger partial charge in [-0.1, -0.05) is 0 Å². The molecule has 2 atom stereocenters. The summed E-state index contributed by atoms with van der Waals surface area (Å²) in [5, 5.41) is 4.74. The highest BCUT2D eigenvalue weighted by atomic mass is 32.2. The smallest absolute Gasteiger partial charge is 0.123 e. The molecule has 1 aliphatic rings. The SMILES string of the molecule is Cc1nc(C(C)NC2CCSc3ccc(F)cc32)c(C)s1. The number of fused-ring (bicyclic) bond motifs is 1. The molecule has 0 aliphatic carbocycles. The molecule has 3 rings (SSSR count). The van der Waals surface area contributed by atoms with Gasteiger partial charge in [-0.05, 0) is 56.7 Å². The number of halogens is 1. The first-order valence-corrected chi connectivity index (χ1v) is 8.97. The molecule has 0 saturated heterocycles. The van der Waals surface area contributed by atoms with Crippen molar-refractivity contribution in [3.05, 3.63) is 45.2 Å². The summed E-state index contributed by atoms with van der Waals surface area (Å²) in [5.41, 5.74) is 2.20. The molecule has 0 fully saturated rings. The fraction of sp³-hybridized carbons (Fsp3) is 0.438. The highest BCUT2D eigenvalue weighted by Crippen LogP contribution is 2.38. The second-order valence-electron chi connectivity index (χ2n) is 5.43. The number of thioether (sulfide) groups is 1. The van der Waals surface area contributed by atoms with Gasteiger partial charge < -0.3 is 5.32 Å². The summed E-state index contributed by atoms with van der Waals surface area (Å²) >= 11 is 3.54. The van der Waals surface area contributed by atoms with Gasteiger partial charge in [-0.25, -0.2) is 9.37 Å². The fourth-order valence-electron chi connectivity index (χ4n) is 2.87. The van der Waals surface area contributed by atoms with Gasteiger partial charge in [-0.15, -0.1) is 23.1 Å². The Kier molecular flexibility index (Phi) is 4.33. The molecule has 2 unspecified atom stereocenters. The predicted octanol–water partition coefficient (Wildman–Crippen LogP) is 4.79. The minimum absolute atomic E-state index is 0.156. The quantitative estimate of drug-likeness (QED) is 0.879. The van der Waals surface area contributed by atoms with Gasteiger partial charge in [0.05, 0.1) is 10.7 Å². The third-order valence-electron chi connectivity index (χ3n) is 3.81. The van der Waals surface area contributed by atoms with Crippen molar-refractivity contribution < 1.29 is 4.39 Å². The third kappa shape index (κ3) is 3.15. The molecule has 2 aromatic rings. The lowest BCUT2D eigenvalue weighted by atomic mass is 10.0. The van der Waals surface area contributed by atoms with E-state index in [0.29, 0.717) is 0 Å². The lowest BCUT2D eigenvalue weighted by Gasteiger charge is -2.28. The van der Waals surface area contributed by atoms with Crippen LogP contribution >= 0.6 is 23.1 Å². The van der Waals surface area contributed by atoms with E-state index in [4.69, 9.17) is 0 Å². The van der Waals surface area contributed by atoms with Crippen molar-refractivity contribution in [2.45, 2.75) is 44.2 Å². The molecule has 2 heterocycles. The monoisotopic (exact) mass is 322 g/mol. The van der Waals surface area contributed by atoms with Crippen LogP contribution in [0.1, 0.15) is 46.6 Å². The van der Waals surface area contributed by atoms with Crippen LogP contribution in [0.4, 0.5) is 4.39 Å². The summed E-state index contributed by atoms with van der Waals surface area (Å²) in [7, 11) is 0. The van der Waals surface area contributed by atoms with Crippen molar-refractivity contribution in [1.29, 1.82) is 0 Å². The average Bonchev–Trinajstić information content (AvgIpc) is 2.78. The van der Waals surface area contributed by atoms with E-state index in [2.05, 4.69) is 24.1 Å². The molecular weight excluding hydrogens is 303 g/mol. The van der Waals surface area contributed by atoms with Gasteiger partial charge in [0, 0.05) is 21.9 Å². The first-order chi connectivity index (χ1) is 10.0. The van der Waals surface area contributed by atoms with Crippen molar-refractivity contribution in [1.82, 2.24) is 10.3 Å². The molecule has 1 N–H and O–H groups in total.